The molecule has 110 valence electrons. The number of hydrogen-bond donors (Lipinski definition) is 1. The standard InChI is InChI=1S/C16H14N4O2/c21-16(14-8-11-22-20-14)18-10-7-15-17-9-6-13(19-15)12-4-2-1-3-5-12/h1-6,8-9,11H,7,10H2,(H,18,21). The Morgan fingerprint density at radius 1 is 1.14 bits per heavy atom. The first-order chi connectivity index (χ1) is 10.8. The van der Waals surface area contributed by atoms with Gasteiger partial charge >= 0.3 is 0 Å². The summed E-state index contributed by atoms with van der Waals surface area (Å²) >= 11 is 0. The van der Waals surface area contributed by atoms with Gasteiger partial charge in [-0.1, -0.05) is 35.5 Å². The Morgan fingerprint density at radius 3 is 2.77 bits per heavy atom. The molecule has 1 N–H and O–H groups in total. The Kier molecular flexibility index (Phi) is 4.20. The monoisotopic (exact) mass is 294 g/mol. The first-order valence-electron chi connectivity index (χ1n) is 6.89. The maximum Gasteiger partial charge on any atom is 0.273 e. The molecule has 1 amide bonds. The van der Waals surface area contributed by atoms with Gasteiger partial charge in [-0.15, -0.1) is 0 Å². The third kappa shape index (κ3) is 3.35. The van der Waals surface area contributed by atoms with Gasteiger partial charge in [-0.2, -0.15) is 0 Å². The zero-order chi connectivity index (χ0) is 15.2. The van der Waals surface area contributed by atoms with Crippen molar-refractivity contribution in [2.75, 3.05) is 6.54 Å². The van der Waals surface area contributed by atoms with E-state index in [2.05, 4.69) is 25.0 Å². The number of carbonyl (C=O) groups excluding carboxylic acids is 1. The minimum atomic E-state index is -0.270. The second-order valence-electron chi connectivity index (χ2n) is 4.61. The van der Waals surface area contributed by atoms with Crippen LogP contribution in [0.25, 0.3) is 11.3 Å². The predicted octanol–water partition coefficient (Wildman–Crippen LogP) is 2.10. The van der Waals surface area contributed by atoms with Gasteiger partial charge in [0, 0.05) is 30.8 Å². The molecule has 3 aromatic rings. The van der Waals surface area contributed by atoms with Gasteiger partial charge in [0.2, 0.25) is 0 Å². The highest BCUT2D eigenvalue weighted by atomic mass is 16.5. The summed E-state index contributed by atoms with van der Waals surface area (Å²) in [5, 5.41) is 6.33. The van der Waals surface area contributed by atoms with Gasteiger partial charge < -0.3 is 9.84 Å². The molecule has 3 rings (SSSR count). The van der Waals surface area contributed by atoms with Crippen molar-refractivity contribution in [3.05, 3.63) is 66.4 Å². The highest BCUT2D eigenvalue weighted by molar-refractivity contribution is 5.91. The average Bonchev–Trinajstić information content (AvgIpc) is 3.10. The van der Waals surface area contributed by atoms with Gasteiger partial charge in [0.25, 0.3) is 5.91 Å². The van der Waals surface area contributed by atoms with E-state index in [1.165, 1.54) is 12.3 Å². The molecule has 0 aliphatic rings. The van der Waals surface area contributed by atoms with E-state index < -0.39 is 0 Å². The van der Waals surface area contributed by atoms with Crippen LogP contribution < -0.4 is 5.32 Å². The predicted molar refractivity (Wildman–Crippen MR) is 80.0 cm³/mol. The van der Waals surface area contributed by atoms with Gasteiger partial charge in [0.1, 0.15) is 12.1 Å². The first kappa shape index (κ1) is 13.9. The summed E-state index contributed by atoms with van der Waals surface area (Å²) in [5.41, 5.74) is 2.17. The summed E-state index contributed by atoms with van der Waals surface area (Å²) in [5.74, 6) is 0.412. The van der Waals surface area contributed by atoms with Crippen LogP contribution in [-0.2, 0) is 6.42 Å². The number of nitrogens with zero attached hydrogens (tertiary/aromatic N) is 3. The lowest BCUT2D eigenvalue weighted by Gasteiger charge is -2.05. The fourth-order valence-electron chi connectivity index (χ4n) is 2.00. The van der Waals surface area contributed by atoms with E-state index in [9.17, 15) is 4.79 Å². The molecule has 0 fully saturated rings. The molecule has 2 aromatic heterocycles. The molecule has 6 nitrogen and oxygen atoms in total. The minimum absolute atomic E-state index is 0.263. The van der Waals surface area contributed by atoms with Crippen molar-refractivity contribution in [2.24, 2.45) is 0 Å². The maximum atomic E-state index is 11.7. The molecule has 0 aliphatic heterocycles. The number of carbonyl (C=O) groups is 1. The fraction of sp³-hybridized carbons (Fsp3) is 0.125. The van der Waals surface area contributed by atoms with Gasteiger partial charge in [0.05, 0.1) is 5.69 Å². The SMILES string of the molecule is O=C(NCCc1nccc(-c2ccccc2)n1)c1ccon1. The topological polar surface area (TPSA) is 80.9 Å². The molecule has 0 spiro atoms. The van der Waals surface area contributed by atoms with Crippen molar-refractivity contribution in [3.63, 3.8) is 0 Å². The summed E-state index contributed by atoms with van der Waals surface area (Å²) in [6.07, 6.45) is 3.63. The molecule has 0 saturated heterocycles. The van der Waals surface area contributed by atoms with Crippen molar-refractivity contribution in [2.45, 2.75) is 6.42 Å². The molecule has 0 atom stereocenters. The van der Waals surface area contributed by atoms with E-state index in [4.69, 9.17) is 0 Å². The molecular formula is C16H14N4O2. The lowest BCUT2D eigenvalue weighted by atomic mass is 10.1. The van der Waals surface area contributed by atoms with Gasteiger partial charge in [-0.05, 0) is 6.07 Å². The number of amides is 1. The van der Waals surface area contributed by atoms with Gasteiger partial charge in [-0.3, -0.25) is 4.79 Å². The number of benzene rings is 1. The first-order valence-corrected chi connectivity index (χ1v) is 6.89. The second-order valence-corrected chi connectivity index (χ2v) is 4.61. The van der Waals surface area contributed by atoms with Gasteiger partial charge in [-0.25, -0.2) is 9.97 Å². The van der Waals surface area contributed by atoms with Crippen LogP contribution in [-0.4, -0.2) is 27.6 Å². The van der Waals surface area contributed by atoms with Crippen molar-refractivity contribution >= 4 is 5.91 Å². The van der Waals surface area contributed by atoms with Crippen molar-refractivity contribution in [3.8, 4) is 11.3 Å². The van der Waals surface area contributed by atoms with Crippen LogP contribution in [0.3, 0.4) is 0 Å². The molecule has 2 heterocycles. The largest absolute Gasteiger partial charge is 0.364 e. The van der Waals surface area contributed by atoms with E-state index in [1.807, 2.05) is 36.4 Å². The van der Waals surface area contributed by atoms with Crippen LogP contribution in [0.5, 0.6) is 0 Å². The third-order valence-corrected chi connectivity index (χ3v) is 3.08. The number of hydrogen-bond acceptors (Lipinski definition) is 5. The molecule has 0 bridgehead atoms. The lowest BCUT2D eigenvalue weighted by Crippen LogP contribution is -2.26. The van der Waals surface area contributed by atoms with Crippen LogP contribution in [0.1, 0.15) is 16.3 Å². The molecule has 0 aliphatic carbocycles. The summed E-state index contributed by atoms with van der Waals surface area (Å²) in [6.45, 7) is 0.434. The molecule has 0 unspecified atom stereocenters. The van der Waals surface area contributed by atoms with Crippen LogP contribution >= 0.6 is 0 Å². The quantitative estimate of drug-likeness (QED) is 0.779. The molecular weight excluding hydrogens is 280 g/mol. The summed E-state index contributed by atoms with van der Waals surface area (Å²) in [4.78, 5) is 20.4. The van der Waals surface area contributed by atoms with Crippen molar-refractivity contribution in [1.82, 2.24) is 20.4 Å². The minimum Gasteiger partial charge on any atom is -0.364 e. The highest BCUT2D eigenvalue weighted by Crippen LogP contribution is 2.15. The number of aromatic nitrogens is 3. The molecule has 1 aromatic carbocycles. The molecule has 6 heteroatoms. The zero-order valence-electron chi connectivity index (χ0n) is 11.8. The van der Waals surface area contributed by atoms with Crippen LogP contribution in [0.2, 0.25) is 0 Å². The smallest absolute Gasteiger partial charge is 0.273 e. The fourth-order valence-corrected chi connectivity index (χ4v) is 2.00. The lowest BCUT2D eigenvalue weighted by molar-refractivity contribution is 0.0945. The number of rotatable bonds is 5. The normalized spacial score (nSPS) is 10.4. The second kappa shape index (κ2) is 6.62. The molecule has 0 saturated carbocycles. The van der Waals surface area contributed by atoms with E-state index >= 15 is 0 Å². The Hall–Kier alpha value is -3.02. The Morgan fingerprint density at radius 2 is 2.00 bits per heavy atom. The maximum absolute atomic E-state index is 11.7. The number of nitrogens with one attached hydrogen (secondary N) is 1. The average molecular weight is 294 g/mol. The van der Waals surface area contributed by atoms with E-state index in [1.54, 1.807) is 6.20 Å². The Labute approximate surface area is 127 Å². The third-order valence-electron chi connectivity index (χ3n) is 3.08. The molecule has 22 heavy (non-hydrogen) atoms. The zero-order valence-corrected chi connectivity index (χ0v) is 11.8. The van der Waals surface area contributed by atoms with Crippen LogP contribution in [0, 0.1) is 0 Å². The van der Waals surface area contributed by atoms with Crippen molar-refractivity contribution in [1.29, 1.82) is 0 Å². The van der Waals surface area contributed by atoms with E-state index in [0.29, 0.717) is 18.8 Å². The highest BCUT2D eigenvalue weighted by Gasteiger charge is 2.08. The molecule has 0 radical (unpaired) electrons. The summed E-state index contributed by atoms with van der Waals surface area (Å²) in [7, 11) is 0. The summed E-state index contributed by atoms with van der Waals surface area (Å²) in [6, 6.07) is 13.3. The Bertz CT molecular complexity index is 742. The van der Waals surface area contributed by atoms with E-state index in [-0.39, 0.29) is 11.6 Å². The van der Waals surface area contributed by atoms with E-state index in [0.717, 1.165) is 11.3 Å². The van der Waals surface area contributed by atoms with Gasteiger partial charge in [0.15, 0.2) is 5.69 Å². The van der Waals surface area contributed by atoms with Crippen molar-refractivity contribution < 1.29 is 9.32 Å². The van der Waals surface area contributed by atoms with Crippen LogP contribution in [0.15, 0.2) is 59.4 Å². The van der Waals surface area contributed by atoms with Crippen LogP contribution in [0.4, 0.5) is 0 Å². The Balaban J connectivity index is 1.60. The summed E-state index contributed by atoms with van der Waals surface area (Å²) < 4.78 is 4.63.